The van der Waals surface area contributed by atoms with Crippen LogP contribution in [0.2, 0.25) is 0 Å². The Labute approximate surface area is 218 Å². The Morgan fingerprint density at radius 1 is 0.947 bits per heavy atom. The zero-order valence-electron chi connectivity index (χ0n) is 21.3. The summed E-state index contributed by atoms with van der Waals surface area (Å²) < 4.78 is 1.47. The standard InChI is InChI=1S/C28H26N8O2/c1-15-10-11-21(12-16(15)2)36-28(38)24(17(3)33-36)29-30-25-22-9-5-7-19(22)14-23(26(25)37)18-6-4-8-20(13-18)27-31-34-35-32-27/h4,6,8,10-14,33,37H,5,7,9H2,1-3H3,(H,31,32,34,35). The number of azo groups is 1. The number of nitrogens with one attached hydrogen (secondary N) is 2. The molecule has 0 saturated heterocycles. The lowest BCUT2D eigenvalue weighted by Crippen LogP contribution is -2.14. The molecule has 0 fully saturated rings. The monoisotopic (exact) mass is 506 g/mol. The molecule has 1 aliphatic carbocycles. The SMILES string of the molecule is Cc1ccc(-n2[nH]c(C)c(N=Nc3c(O)c(-c4cccc(-c5nn[nH]n5)c4)cc4c3CCC4)c2=O)cc1C. The third-order valence-electron chi connectivity index (χ3n) is 7.16. The van der Waals surface area contributed by atoms with E-state index >= 15 is 0 Å². The molecule has 0 aliphatic heterocycles. The van der Waals surface area contributed by atoms with Gasteiger partial charge in [0, 0.05) is 11.1 Å². The number of aromatic nitrogens is 6. The molecule has 0 radical (unpaired) electrons. The molecular formula is C28H26N8O2. The summed E-state index contributed by atoms with van der Waals surface area (Å²) in [6.45, 7) is 5.83. The molecule has 38 heavy (non-hydrogen) atoms. The van der Waals surface area contributed by atoms with Crippen molar-refractivity contribution in [3.05, 3.63) is 86.8 Å². The van der Waals surface area contributed by atoms with Crippen molar-refractivity contribution in [2.45, 2.75) is 40.0 Å². The summed E-state index contributed by atoms with van der Waals surface area (Å²) >= 11 is 0. The van der Waals surface area contributed by atoms with Gasteiger partial charge in [-0.2, -0.15) is 5.21 Å². The van der Waals surface area contributed by atoms with Gasteiger partial charge in [0.1, 0.15) is 5.69 Å². The van der Waals surface area contributed by atoms with E-state index in [0.717, 1.165) is 58.3 Å². The average molecular weight is 507 g/mol. The first-order valence-electron chi connectivity index (χ1n) is 12.4. The zero-order valence-corrected chi connectivity index (χ0v) is 21.3. The van der Waals surface area contributed by atoms with Crippen LogP contribution in [0, 0.1) is 20.8 Å². The summed E-state index contributed by atoms with van der Waals surface area (Å²) in [5, 5.41) is 37.5. The van der Waals surface area contributed by atoms with Gasteiger partial charge < -0.3 is 5.11 Å². The summed E-state index contributed by atoms with van der Waals surface area (Å²) in [5.41, 5.74) is 8.17. The summed E-state index contributed by atoms with van der Waals surface area (Å²) in [4.78, 5) is 13.3. The Morgan fingerprint density at radius 3 is 2.55 bits per heavy atom. The first-order chi connectivity index (χ1) is 18.4. The van der Waals surface area contributed by atoms with Crippen LogP contribution in [0.5, 0.6) is 5.75 Å². The van der Waals surface area contributed by atoms with Crippen LogP contribution in [0.15, 0.2) is 63.6 Å². The molecule has 6 rings (SSSR count). The molecule has 0 amide bonds. The molecule has 5 aromatic rings. The Morgan fingerprint density at radius 2 is 1.76 bits per heavy atom. The van der Waals surface area contributed by atoms with Crippen LogP contribution in [0.25, 0.3) is 28.2 Å². The quantitative estimate of drug-likeness (QED) is 0.269. The summed E-state index contributed by atoms with van der Waals surface area (Å²) in [5.74, 6) is 0.498. The van der Waals surface area contributed by atoms with Crippen molar-refractivity contribution >= 4 is 11.4 Å². The van der Waals surface area contributed by atoms with Crippen LogP contribution in [0.3, 0.4) is 0 Å². The third-order valence-corrected chi connectivity index (χ3v) is 7.16. The number of nitrogens with zero attached hydrogens (tertiary/aromatic N) is 6. The van der Waals surface area contributed by atoms with E-state index in [0.29, 0.717) is 22.8 Å². The van der Waals surface area contributed by atoms with Crippen molar-refractivity contribution in [1.29, 1.82) is 0 Å². The Bertz CT molecular complexity index is 1760. The molecule has 10 heteroatoms. The number of tetrazole rings is 1. The topological polar surface area (TPSA) is 137 Å². The van der Waals surface area contributed by atoms with Crippen molar-refractivity contribution in [3.8, 4) is 34.0 Å². The van der Waals surface area contributed by atoms with Gasteiger partial charge in [0.05, 0.1) is 11.4 Å². The number of aryl methyl sites for hydroxylation is 4. The number of aromatic hydroxyl groups is 1. The molecule has 190 valence electrons. The number of rotatable bonds is 5. The molecule has 0 saturated carbocycles. The third kappa shape index (κ3) is 4.00. The molecule has 2 aromatic heterocycles. The Kier molecular flexibility index (Phi) is 5.71. The maximum absolute atomic E-state index is 13.3. The highest BCUT2D eigenvalue weighted by Gasteiger charge is 2.23. The summed E-state index contributed by atoms with van der Waals surface area (Å²) in [6, 6.07) is 15.4. The van der Waals surface area contributed by atoms with E-state index < -0.39 is 0 Å². The van der Waals surface area contributed by atoms with Crippen molar-refractivity contribution in [1.82, 2.24) is 30.4 Å². The van der Waals surface area contributed by atoms with Crippen LogP contribution in [0.4, 0.5) is 11.4 Å². The Balaban J connectivity index is 1.43. The maximum atomic E-state index is 13.3. The second kappa shape index (κ2) is 9.22. The number of fused-ring (bicyclic) bond motifs is 1. The smallest absolute Gasteiger partial charge is 0.299 e. The first-order valence-corrected chi connectivity index (χ1v) is 12.4. The molecule has 0 bridgehead atoms. The number of H-pyrrole nitrogens is 2. The Hall–Kier alpha value is -4.86. The minimum absolute atomic E-state index is 0.0299. The fraction of sp³-hybridized carbons (Fsp3) is 0.214. The van der Waals surface area contributed by atoms with Crippen LogP contribution < -0.4 is 5.56 Å². The predicted molar refractivity (Wildman–Crippen MR) is 144 cm³/mol. The van der Waals surface area contributed by atoms with Crippen LogP contribution in [-0.4, -0.2) is 35.5 Å². The average Bonchev–Trinajstić information content (AvgIpc) is 3.67. The van der Waals surface area contributed by atoms with E-state index in [2.05, 4.69) is 36.0 Å². The van der Waals surface area contributed by atoms with E-state index in [9.17, 15) is 9.90 Å². The molecule has 1 aliphatic rings. The maximum Gasteiger partial charge on any atom is 0.299 e. The first kappa shape index (κ1) is 23.5. The minimum atomic E-state index is -0.297. The molecule has 10 nitrogen and oxygen atoms in total. The number of benzene rings is 3. The largest absolute Gasteiger partial charge is 0.505 e. The van der Waals surface area contributed by atoms with E-state index in [4.69, 9.17) is 0 Å². The van der Waals surface area contributed by atoms with Gasteiger partial charge in [-0.15, -0.1) is 20.4 Å². The number of hydrogen-bond acceptors (Lipinski definition) is 7. The van der Waals surface area contributed by atoms with Crippen molar-refractivity contribution < 1.29 is 5.11 Å². The highest BCUT2D eigenvalue weighted by molar-refractivity contribution is 5.82. The predicted octanol–water partition coefficient (Wildman–Crippen LogP) is 5.55. The molecule has 0 atom stereocenters. The van der Waals surface area contributed by atoms with E-state index in [1.54, 1.807) is 6.92 Å². The lowest BCUT2D eigenvalue weighted by atomic mass is 9.96. The van der Waals surface area contributed by atoms with E-state index in [1.165, 1.54) is 4.68 Å². The zero-order chi connectivity index (χ0) is 26.4. The van der Waals surface area contributed by atoms with Gasteiger partial charge >= 0.3 is 0 Å². The van der Waals surface area contributed by atoms with E-state index in [-0.39, 0.29) is 17.0 Å². The van der Waals surface area contributed by atoms with Gasteiger partial charge in [-0.1, -0.05) is 24.3 Å². The molecule has 0 spiro atoms. The van der Waals surface area contributed by atoms with Crippen molar-refractivity contribution in [3.63, 3.8) is 0 Å². The number of phenolic OH excluding ortho intramolecular Hbond substituents is 1. The molecule has 0 unspecified atom stereocenters. The summed E-state index contributed by atoms with van der Waals surface area (Å²) in [6.07, 6.45) is 2.64. The van der Waals surface area contributed by atoms with Crippen LogP contribution in [-0.2, 0) is 12.8 Å². The lowest BCUT2D eigenvalue weighted by molar-refractivity contribution is 0.477. The number of aromatic amines is 2. The van der Waals surface area contributed by atoms with Gasteiger partial charge in [0.2, 0.25) is 5.82 Å². The fourth-order valence-corrected chi connectivity index (χ4v) is 4.95. The van der Waals surface area contributed by atoms with Crippen molar-refractivity contribution in [2.24, 2.45) is 10.2 Å². The highest BCUT2D eigenvalue weighted by atomic mass is 16.3. The molecule has 3 N–H and O–H groups in total. The lowest BCUT2D eigenvalue weighted by Gasteiger charge is -2.12. The van der Waals surface area contributed by atoms with Gasteiger partial charge in [0.15, 0.2) is 11.4 Å². The van der Waals surface area contributed by atoms with Crippen LogP contribution in [0.1, 0.15) is 34.4 Å². The van der Waals surface area contributed by atoms with Gasteiger partial charge in [-0.3, -0.25) is 9.89 Å². The van der Waals surface area contributed by atoms with Crippen LogP contribution >= 0.6 is 0 Å². The van der Waals surface area contributed by atoms with Gasteiger partial charge in [-0.05, 0) is 97.3 Å². The number of hydrogen-bond donors (Lipinski definition) is 3. The highest BCUT2D eigenvalue weighted by Crippen LogP contribution is 2.45. The molecule has 2 heterocycles. The minimum Gasteiger partial charge on any atom is -0.505 e. The van der Waals surface area contributed by atoms with Crippen molar-refractivity contribution in [2.75, 3.05) is 0 Å². The van der Waals surface area contributed by atoms with Gasteiger partial charge in [0.25, 0.3) is 5.56 Å². The molecular weight excluding hydrogens is 480 g/mol. The normalized spacial score (nSPS) is 12.9. The fourth-order valence-electron chi connectivity index (χ4n) is 4.95. The number of phenols is 1. The second-order valence-corrected chi connectivity index (χ2v) is 9.62. The second-order valence-electron chi connectivity index (χ2n) is 9.62. The molecule has 3 aromatic carbocycles. The van der Waals surface area contributed by atoms with Gasteiger partial charge in [-0.25, -0.2) is 4.68 Å². The summed E-state index contributed by atoms with van der Waals surface area (Å²) in [7, 11) is 0. The van der Waals surface area contributed by atoms with E-state index in [1.807, 2.05) is 62.4 Å².